The van der Waals surface area contributed by atoms with Crippen molar-refractivity contribution in [1.82, 2.24) is 0 Å². The molecule has 2 aromatic rings. The van der Waals surface area contributed by atoms with Crippen LogP contribution in [0.25, 0.3) is 0 Å². The minimum atomic E-state index is -2.09. The maximum absolute atomic E-state index is 13.0. The van der Waals surface area contributed by atoms with Crippen molar-refractivity contribution in [2.24, 2.45) is 0 Å². The zero-order valence-electron chi connectivity index (χ0n) is 19.6. The first kappa shape index (κ1) is 26.1. The lowest BCUT2D eigenvalue weighted by molar-refractivity contribution is -0.170. The maximum Gasteiger partial charge on any atom is 0.332 e. The van der Waals surface area contributed by atoms with E-state index in [0.29, 0.717) is 18.8 Å². The molecule has 0 aliphatic rings. The molecule has 1 unspecified atom stereocenters. The minimum absolute atomic E-state index is 0.0146. The second-order valence-corrected chi connectivity index (χ2v) is 7.41. The van der Waals surface area contributed by atoms with Crippen LogP contribution in [0.4, 0.5) is 0 Å². The van der Waals surface area contributed by atoms with Crippen molar-refractivity contribution in [2.75, 3.05) is 19.8 Å². The fourth-order valence-corrected chi connectivity index (χ4v) is 3.33. The lowest BCUT2D eigenvalue weighted by atomic mass is 9.81. The van der Waals surface area contributed by atoms with E-state index in [4.69, 9.17) is 23.4 Å². The zero-order chi connectivity index (χ0) is 24.3. The summed E-state index contributed by atoms with van der Waals surface area (Å²) in [6.45, 7) is 7.31. The average Bonchev–Trinajstić information content (AvgIpc) is 3.25. The lowest BCUT2D eigenvalue weighted by Crippen LogP contribution is -2.48. The summed E-state index contributed by atoms with van der Waals surface area (Å²) < 4.78 is 27.1. The number of esters is 3. The van der Waals surface area contributed by atoms with Crippen LogP contribution in [-0.4, -0.2) is 43.8 Å². The molecule has 180 valence electrons. The molecule has 2 rings (SSSR count). The first-order valence-electron chi connectivity index (χ1n) is 11.1. The van der Waals surface area contributed by atoms with E-state index in [1.807, 2.05) is 37.3 Å². The van der Waals surface area contributed by atoms with Crippen LogP contribution in [0, 0.1) is 0 Å². The molecule has 0 amide bonds. The zero-order valence-corrected chi connectivity index (χ0v) is 19.6. The van der Waals surface area contributed by atoms with Crippen molar-refractivity contribution < 1.29 is 37.7 Å². The van der Waals surface area contributed by atoms with Gasteiger partial charge in [-0.05, 0) is 45.4 Å². The first-order chi connectivity index (χ1) is 15.9. The second kappa shape index (κ2) is 12.8. The van der Waals surface area contributed by atoms with E-state index in [0.717, 1.165) is 5.56 Å². The van der Waals surface area contributed by atoms with Gasteiger partial charge >= 0.3 is 17.9 Å². The summed E-state index contributed by atoms with van der Waals surface area (Å²) in [7, 11) is 0. The number of ether oxygens (including phenoxy) is 4. The van der Waals surface area contributed by atoms with Gasteiger partial charge in [0.2, 0.25) is 5.41 Å². The van der Waals surface area contributed by atoms with Crippen LogP contribution in [0.2, 0.25) is 0 Å². The van der Waals surface area contributed by atoms with Gasteiger partial charge in [-0.15, -0.1) is 0 Å². The van der Waals surface area contributed by atoms with Gasteiger partial charge in [-0.2, -0.15) is 0 Å². The Hall–Kier alpha value is -3.13. The van der Waals surface area contributed by atoms with E-state index < -0.39 is 29.7 Å². The number of hydrogen-bond donors (Lipinski definition) is 0. The van der Waals surface area contributed by atoms with Gasteiger partial charge in [-0.3, -0.25) is 14.4 Å². The monoisotopic (exact) mass is 460 g/mol. The lowest BCUT2D eigenvalue weighted by Gasteiger charge is -2.26. The number of hydrogen-bond acceptors (Lipinski definition) is 8. The first-order valence-corrected chi connectivity index (χ1v) is 11.1. The van der Waals surface area contributed by atoms with Gasteiger partial charge in [-0.25, -0.2) is 0 Å². The number of carbonyl (C=O) groups is 3. The molecular weight excluding hydrogens is 428 g/mol. The Morgan fingerprint density at radius 1 is 0.879 bits per heavy atom. The molecule has 1 aromatic heterocycles. The SMILES string of the molecule is CCOC(=O)CC(C(=O)OCC)(C(=O)OCC)c1ccc(CC(C)OCc2ccccc2)o1. The number of carbonyl (C=O) groups excluding carboxylic acids is 3. The third kappa shape index (κ3) is 6.92. The molecule has 0 aliphatic carbocycles. The summed E-state index contributed by atoms with van der Waals surface area (Å²) >= 11 is 0. The van der Waals surface area contributed by atoms with E-state index in [-0.39, 0.29) is 31.7 Å². The third-order valence-corrected chi connectivity index (χ3v) is 4.91. The normalized spacial score (nSPS) is 12.1. The highest BCUT2D eigenvalue weighted by Crippen LogP contribution is 2.34. The van der Waals surface area contributed by atoms with E-state index in [2.05, 4.69) is 0 Å². The standard InChI is InChI=1S/C25H32O8/c1-5-29-22(26)16-25(23(27)30-6-2,24(28)31-7-3)21-14-13-20(33-21)15-18(4)32-17-19-11-9-8-10-12-19/h8-14,18H,5-7,15-17H2,1-4H3. The highest BCUT2D eigenvalue weighted by molar-refractivity contribution is 6.08. The molecule has 0 aliphatic heterocycles. The molecule has 0 bridgehead atoms. The van der Waals surface area contributed by atoms with Crippen molar-refractivity contribution >= 4 is 17.9 Å². The molecular formula is C25H32O8. The summed E-state index contributed by atoms with van der Waals surface area (Å²) in [5.74, 6) is -2.13. The molecule has 0 radical (unpaired) electrons. The largest absolute Gasteiger partial charge is 0.466 e. The maximum atomic E-state index is 13.0. The second-order valence-electron chi connectivity index (χ2n) is 7.41. The summed E-state index contributed by atoms with van der Waals surface area (Å²) in [6.07, 6.45) is -0.395. The predicted molar refractivity (Wildman–Crippen MR) is 119 cm³/mol. The van der Waals surface area contributed by atoms with Gasteiger partial charge in [0, 0.05) is 6.42 Å². The Morgan fingerprint density at radius 2 is 1.48 bits per heavy atom. The van der Waals surface area contributed by atoms with E-state index in [1.165, 1.54) is 6.07 Å². The molecule has 0 saturated carbocycles. The third-order valence-electron chi connectivity index (χ3n) is 4.91. The molecule has 0 fully saturated rings. The van der Waals surface area contributed by atoms with Gasteiger partial charge in [0.25, 0.3) is 0 Å². The summed E-state index contributed by atoms with van der Waals surface area (Å²) in [5.41, 5.74) is -1.05. The van der Waals surface area contributed by atoms with Crippen molar-refractivity contribution in [3.8, 4) is 0 Å². The van der Waals surface area contributed by atoms with Crippen molar-refractivity contribution in [1.29, 1.82) is 0 Å². The summed E-state index contributed by atoms with van der Waals surface area (Å²) in [6, 6.07) is 12.9. The van der Waals surface area contributed by atoms with Gasteiger partial charge < -0.3 is 23.4 Å². The highest BCUT2D eigenvalue weighted by Gasteiger charge is 2.55. The average molecular weight is 461 g/mol. The molecule has 8 nitrogen and oxygen atoms in total. The van der Waals surface area contributed by atoms with E-state index in [1.54, 1.807) is 26.8 Å². The van der Waals surface area contributed by atoms with Crippen LogP contribution in [0.1, 0.15) is 51.2 Å². The quantitative estimate of drug-likeness (QED) is 0.253. The van der Waals surface area contributed by atoms with Crippen LogP contribution >= 0.6 is 0 Å². The van der Waals surface area contributed by atoms with Crippen molar-refractivity contribution in [3.05, 3.63) is 59.5 Å². The molecule has 1 heterocycles. The predicted octanol–water partition coefficient (Wildman–Crippen LogP) is 3.74. The fraction of sp³-hybridized carbons (Fsp3) is 0.480. The minimum Gasteiger partial charge on any atom is -0.466 e. The number of furan rings is 1. The van der Waals surface area contributed by atoms with Gasteiger partial charge in [0.15, 0.2) is 0 Å². The number of benzene rings is 1. The Balaban J connectivity index is 2.28. The number of rotatable bonds is 13. The van der Waals surface area contributed by atoms with Crippen molar-refractivity contribution in [3.63, 3.8) is 0 Å². The van der Waals surface area contributed by atoms with Crippen molar-refractivity contribution in [2.45, 2.75) is 58.7 Å². The summed E-state index contributed by atoms with van der Waals surface area (Å²) in [4.78, 5) is 38.3. The van der Waals surface area contributed by atoms with E-state index >= 15 is 0 Å². The Kier molecular flexibility index (Phi) is 10.1. The van der Waals surface area contributed by atoms with Crippen LogP contribution in [0.15, 0.2) is 46.9 Å². The fourth-order valence-electron chi connectivity index (χ4n) is 3.33. The van der Waals surface area contributed by atoms with Crippen LogP contribution in [-0.2, 0) is 51.8 Å². The molecule has 1 aromatic carbocycles. The molecule has 33 heavy (non-hydrogen) atoms. The van der Waals surface area contributed by atoms with Gasteiger partial charge in [-0.1, -0.05) is 30.3 Å². The Labute approximate surface area is 194 Å². The van der Waals surface area contributed by atoms with E-state index in [9.17, 15) is 14.4 Å². The van der Waals surface area contributed by atoms with Gasteiger partial charge in [0.1, 0.15) is 11.5 Å². The van der Waals surface area contributed by atoms with Crippen LogP contribution in [0.3, 0.4) is 0 Å². The molecule has 1 atom stereocenters. The Morgan fingerprint density at radius 3 is 2.06 bits per heavy atom. The highest BCUT2D eigenvalue weighted by atomic mass is 16.6. The molecule has 8 heteroatoms. The molecule has 0 saturated heterocycles. The summed E-state index contributed by atoms with van der Waals surface area (Å²) in [5, 5.41) is 0. The van der Waals surface area contributed by atoms with Crippen LogP contribution < -0.4 is 0 Å². The smallest absolute Gasteiger partial charge is 0.332 e. The molecule has 0 N–H and O–H groups in total. The topological polar surface area (TPSA) is 101 Å². The Bertz CT molecular complexity index is 884. The molecule has 0 spiro atoms. The van der Waals surface area contributed by atoms with Gasteiger partial charge in [0.05, 0.1) is 39.0 Å². The van der Waals surface area contributed by atoms with Crippen LogP contribution in [0.5, 0.6) is 0 Å².